The summed E-state index contributed by atoms with van der Waals surface area (Å²) >= 11 is 0. The van der Waals surface area contributed by atoms with E-state index in [0.717, 1.165) is 11.6 Å². The number of hydrogen-bond donors (Lipinski definition) is 0. The SMILES string of the molecule is CCCCCC(P)C(C)C. The molecule has 0 aromatic heterocycles. The first-order valence-electron chi connectivity index (χ1n) is 4.44. The third-order valence-corrected chi connectivity index (χ3v) is 3.10. The van der Waals surface area contributed by atoms with E-state index in [4.69, 9.17) is 0 Å². The number of unbranched alkanes of at least 4 members (excludes halogenated alkanes) is 2. The van der Waals surface area contributed by atoms with Crippen molar-refractivity contribution in [3.05, 3.63) is 0 Å². The van der Waals surface area contributed by atoms with Gasteiger partial charge in [0, 0.05) is 0 Å². The quantitative estimate of drug-likeness (QED) is 0.426. The maximum absolute atomic E-state index is 2.94. The summed E-state index contributed by atoms with van der Waals surface area (Å²) in [5.41, 5.74) is 0.839. The van der Waals surface area contributed by atoms with Crippen molar-refractivity contribution in [1.82, 2.24) is 0 Å². The maximum Gasteiger partial charge on any atom is -0.0241 e. The highest BCUT2D eigenvalue weighted by molar-refractivity contribution is 7.17. The zero-order chi connectivity index (χ0) is 7.98. The van der Waals surface area contributed by atoms with Crippen molar-refractivity contribution in [3.8, 4) is 0 Å². The van der Waals surface area contributed by atoms with Gasteiger partial charge in [-0.25, -0.2) is 0 Å². The normalized spacial score (nSPS) is 14.1. The molecule has 0 aliphatic carbocycles. The highest BCUT2D eigenvalue weighted by Crippen LogP contribution is 2.18. The van der Waals surface area contributed by atoms with Crippen LogP contribution in [0.5, 0.6) is 0 Å². The molecule has 2 atom stereocenters. The summed E-state index contributed by atoms with van der Waals surface area (Å²) in [7, 11) is 2.94. The van der Waals surface area contributed by atoms with Crippen molar-refractivity contribution in [1.29, 1.82) is 0 Å². The first kappa shape index (κ1) is 10.4. The van der Waals surface area contributed by atoms with Crippen molar-refractivity contribution in [2.24, 2.45) is 5.92 Å². The predicted molar refractivity (Wildman–Crippen MR) is 52.5 cm³/mol. The lowest BCUT2D eigenvalue weighted by atomic mass is 10.0. The van der Waals surface area contributed by atoms with Gasteiger partial charge in [0.25, 0.3) is 0 Å². The lowest BCUT2D eigenvalue weighted by Gasteiger charge is -2.13. The molecule has 0 aliphatic heterocycles. The predicted octanol–water partition coefficient (Wildman–Crippen LogP) is 3.47. The van der Waals surface area contributed by atoms with Gasteiger partial charge in [0.15, 0.2) is 0 Å². The van der Waals surface area contributed by atoms with E-state index in [9.17, 15) is 0 Å². The monoisotopic (exact) mass is 160 g/mol. The standard InChI is InChI=1S/C9H21P/c1-4-5-6-7-9(10)8(2)3/h8-9H,4-7,10H2,1-3H3. The fourth-order valence-corrected chi connectivity index (χ4v) is 1.20. The Labute approximate surface area is 68.0 Å². The molecule has 1 heteroatoms. The number of hydrogen-bond acceptors (Lipinski definition) is 0. The minimum absolute atomic E-state index is 0.835. The summed E-state index contributed by atoms with van der Waals surface area (Å²) in [6, 6.07) is 0. The maximum atomic E-state index is 2.94. The summed E-state index contributed by atoms with van der Waals surface area (Å²) in [6.45, 7) is 6.85. The van der Waals surface area contributed by atoms with E-state index in [2.05, 4.69) is 30.0 Å². The Morgan fingerprint density at radius 3 is 2.20 bits per heavy atom. The van der Waals surface area contributed by atoms with Crippen molar-refractivity contribution >= 4 is 9.24 Å². The third-order valence-electron chi connectivity index (χ3n) is 2.00. The summed E-state index contributed by atoms with van der Waals surface area (Å²) in [6.07, 6.45) is 5.53. The molecule has 0 aromatic carbocycles. The van der Waals surface area contributed by atoms with Gasteiger partial charge in [-0.1, -0.05) is 40.0 Å². The molecule has 62 valence electrons. The van der Waals surface area contributed by atoms with E-state index in [1.54, 1.807) is 0 Å². The van der Waals surface area contributed by atoms with Crippen LogP contribution in [-0.2, 0) is 0 Å². The first-order valence-corrected chi connectivity index (χ1v) is 5.10. The van der Waals surface area contributed by atoms with Crippen LogP contribution in [0, 0.1) is 5.92 Å². The van der Waals surface area contributed by atoms with Gasteiger partial charge < -0.3 is 0 Å². The van der Waals surface area contributed by atoms with Gasteiger partial charge in [0.1, 0.15) is 0 Å². The summed E-state index contributed by atoms with van der Waals surface area (Å²) in [5.74, 6) is 0.835. The highest BCUT2D eigenvalue weighted by atomic mass is 31.0. The van der Waals surface area contributed by atoms with Crippen LogP contribution in [0.2, 0.25) is 0 Å². The summed E-state index contributed by atoms with van der Waals surface area (Å²) in [4.78, 5) is 0. The number of rotatable bonds is 5. The van der Waals surface area contributed by atoms with Crippen molar-refractivity contribution in [3.63, 3.8) is 0 Å². The van der Waals surface area contributed by atoms with E-state index in [1.165, 1.54) is 25.7 Å². The zero-order valence-corrected chi connectivity index (χ0v) is 8.72. The van der Waals surface area contributed by atoms with E-state index in [-0.39, 0.29) is 0 Å². The fraction of sp³-hybridized carbons (Fsp3) is 1.00. The first-order chi connectivity index (χ1) is 4.68. The van der Waals surface area contributed by atoms with Crippen molar-refractivity contribution in [2.75, 3.05) is 0 Å². The lowest BCUT2D eigenvalue weighted by Crippen LogP contribution is -2.06. The average Bonchev–Trinajstić information content (AvgIpc) is 1.88. The molecule has 0 N–H and O–H groups in total. The largest absolute Gasteiger partial charge is 0.134 e. The third kappa shape index (κ3) is 5.23. The molecule has 0 amide bonds. The second-order valence-electron chi connectivity index (χ2n) is 3.40. The van der Waals surface area contributed by atoms with Crippen LogP contribution >= 0.6 is 9.24 Å². The van der Waals surface area contributed by atoms with Gasteiger partial charge in [-0.2, -0.15) is 0 Å². The topological polar surface area (TPSA) is 0 Å². The average molecular weight is 160 g/mol. The van der Waals surface area contributed by atoms with Gasteiger partial charge >= 0.3 is 0 Å². The van der Waals surface area contributed by atoms with Crippen LogP contribution < -0.4 is 0 Å². The molecule has 0 aromatic rings. The van der Waals surface area contributed by atoms with Crippen LogP contribution in [0.1, 0.15) is 46.5 Å². The van der Waals surface area contributed by atoms with Crippen LogP contribution in [0.25, 0.3) is 0 Å². The van der Waals surface area contributed by atoms with Crippen molar-refractivity contribution < 1.29 is 0 Å². The Morgan fingerprint density at radius 1 is 1.20 bits per heavy atom. The van der Waals surface area contributed by atoms with Gasteiger partial charge in [0.05, 0.1) is 0 Å². The molecule has 0 rings (SSSR count). The minimum Gasteiger partial charge on any atom is -0.134 e. The van der Waals surface area contributed by atoms with Crippen LogP contribution in [-0.4, -0.2) is 5.66 Å². The van der Waals surface area contributed by atoms with Gasteiger partial charge in [-0.05, 0) is 18.0 Å². The van der Waals surface area contributed by atoms with Crippen LogP contribution in [0.3, 0.4) is 0 Å². The highest BCUT2D eigenvalue weighted by Gasteiger charge is 2.05. The molecule has 2 unspecified atom stereocenters. The molecule has 0 heterocycles. The molecule has 0 fully saturated rings. The molecule has 0 nitrogen and oxygen atoms in total. The van der Waals surface area contributed by atoms with E-state index >= 15 is 0 Å². The van der Waals surface area contributed by atoms with E-state index < -0.39 is 0 Å². The molecule has 0 saturated heterocycles. The molecule has 0 bridgehead atoms. The molecule has 0 radical (unpaired) electrons. The Hall–Kier alpha value is 0.430. The van der Waals surface area contributed by atoms with Crippen LogP contribution in [0.15, 0.2) is 0 Å². The molecule has 0 aliphatic rings. The second kappa shape index (κ2) is 6.16. The van der Waals surface area contributed by atoms with E-state index in [1.807, 2.05) is 0 Å². The molecule has 0 spiro atoms. The smallest absolute Gasteiger partial charge is 0.0241 e. The molecule has 0 saturated carbocycles. The second-order valence-corrected chi connectivity index (χ2v) is 4.26. The Kier molecular flexibility index (Phi) is 6.43. The summed E-state index contributed by atoms with van der Waals surface area (Å²) in [5, 5.41) is 0. The zero-order valence-electron chi connectivity index (χ0n) is 7.56. The van der Waals surface area contributed by atoms with Gasteiger partial charge in [-0.15, -0.1) is 9.24 Å². The van der Waals surface area contributed by atoms with Crippen LogP contribution in [0.4, 0.5) is 0 Å². The minimum atomic E-state index is 0.835. The van der Waals surface area contributed by atoms with E-state index in [0.29, 0.717) is 0 Å². The molecule has 10 heavy (non-hydrogen) atoms. The van der Waals surface area contributed by atoms with Crippen molar-refractivity contribution in [2.45, 2.75) is 52.1 Å². The molecular formula is C9H21P. The lowest BCUT2D eigenvalue weighted by molar-refractivity contribution is 0.540. The Bertz CT molecular complexity index is 69.1. The Morgan fingerprint density at radius 2 is 1.80 bits per heavy atom. The molecular weight excluding hydrogens is 139 g/mol. The Balaban J connectivity index is 3.13. The summed E-state index contributed by atoms with van der Waals surface area (Å²) < 4.78 is 0. The van der Waals surface area contributed by atoms with Gasteiger partial charge in [0.2, 0.25) is 0 Å². The fourth-order valence-electron chi connectivity index (χ4n) is 0.963. The van der Waals surface area contributed by atoms with Gasteiger partial charge in [-0.3, -0.25) is 0 Å².